The molecule has 2 heterocycles. The van der Waals surface area contributed by atoms with Crippen LogP contribution in [-0.4, -0.2) is 42.3 Å². The van der Waals surface area contributed by atoms with Gasteiger partial charge in [-0.05, 0) is 42.0 Å². The van der Waals surface area contributed by atoms with E-state index in [0.717, 1.165) is 34.9 Å². The van der Waals surface area contributed by atoms with E-state index in [-0.39, 0.29) is 30.2 Å². The molecule has 0 aliphatic carbocycles. The molecule has 7 nitrogen and oxygen atoms in total. The van der Waals surface area contributed by atoms with Crippen molar-refractivity contribution in [2.24, 2.45) is 0 Å². The normalized spacial score (nSPS) is 20.1. The van der Waals surface area contributed by atoms with Gasteiger partial charge in [-0.3, -0.25) is 14.4 Å². The Morgan fingerprint density at radius 3 is 2.61 bits per heavy atom. The van der Waals surface area contributed by atoms with E-state index in [1.807, 2.05) is 41.3 Å². The van der Waals surface area contributed by atoms with Crippen LogP contribution in [0.2, 0.25) is 0 Å². The van der Waals surface area contributed by atoms with Gasteiger partial charge in [0, 0.05) is 11.9 Å². The van der Waals surface area contributed by atoms with Crippen LogP contribution in [0.5, 0.6) is 5.75 Å². The summed E-state index contributed by atoms with van der Waals surface area (Å²) >= 11 is 0. The Bertz CT molecular complexity index is 1260. The SMILES string of the molecule is COc1ccc([C@@H]2CCCN2C(=O)C[C@H]2NC(=O)c3ccccc3NC2=O)c2ccccc12. The molecule has 3 aromatic rings. The minimum absolute atomic E-state index is 0.0872. The number of para-hydroxylation sites is 1. The van der Waals surface area contributed by atoms with E-state index in [9.17, 15) is 14.4 Å². The first kappa shape index (κ1) is 21.0. The first-order valence-electron chi connectivity index (χ1n) is 11.1. The molecule has 2 aliphatic heterocycles. The van der Waals surface area contributed by atoms with Gasteiger partial charge in [0.2, 0.25) is 11.8 Å². The number of anilines is 1. The van der Waals surface area contributed by atoms with Gasteiger partial charge in [-0.2, -0.15) is 0 Å². The minimum Gasteiger partial charge on any atom is -0.496 e. The van der Waals surface area contributed by atoms with E-state index in [0.29, 0.717) is 17.8 Å². The van der Waals surface area contributed by atoms with Crippen molar-refractivity contribution in [2.75, 3.05) is 19.0 Å². The molecule has 2 atom stereocenters. The number of methoxy groups -OCH3 is 1. The van der Waals surface area contributed by atoms with Crippen molar-refractivity contribution >= 4 is 34.2 Å². The van der Waals surface area contributed by atoms with Crippen LogP contribution < -0.4 is 15.4 Å². The highest BCUT2D eigenvalue weighted by Crippen LogP contribution is 2.39. The molecule has 0 saturated carbocycles. The summed E-state index contributed by atoms with van der Waals surface area (Å²) < 4.78 is 5.52. The number of carbonyl (C=O) groups is 3. The molecule has 2 aliphatic rings. The Morgan fingerprint density at radius 1 is 1.03 bits per heavy atom. The zero-order valence-corrected chi connectivity index (χ0v) is 18.3. The van der Waals surface area contributed by atoms with Crippen molar-refractivity contribution < 1.29 is 19.1 Å². The number of nitrogens with one attached hydrogen (secondary N) is 2. The van der Waals surface area contributed by atoms with Crippen LogP contribution in [0.1, 0.15) is 41.2 Å². The van der Waals surface area contributed by atoms with Gasteiger partial charge in [-0.25, -0.2) is 0 Å². The number of amides is 3. The summed E-state index contributed by atoms with van der Waals surface area (Å²) in [4.78, 5) is 40.6. The highest BCUT2D eigenvalue weighted by atomic mass is 16.5. The van der Waals surface area contributed by atoms with E-state index < -0.39 is 6.04 Å². The molecule has 0 spiro atoms. The molecule has 1 fully saturated rings. The van der Waals surface area contributed by atoms with Gasteiger partial charge in [0.05, 0.1) is 30.8 Å². The monoisotopic (exact) mass is 443 g/mol. The maximum atomic E-state index is 13.4. The molecule has 3 aromatic carbocycles. The summed E-state index contributed by atoms with van der Waals surface area (Å²) in [7, 11) is 1.65. The van der Waals surface area contributed by atoms with Gasteiger partial charge in [0.25, 0.3) is 5.91 Å². The fourth-order valence-corrected chi connectivity index (χ4v) is 4.90. The fraction of sp³-hybridized carbons (Fsp3) is 0.269. The smallest absolute Gasteiger partial charge is 0.254 e. The second-order valence-corrected chi connectivity index (χ2v) is 8.41. The number of carbonyl (C=O) groups excluding carboxylic acids is 3. The Hall–Kier alpha value is -3.87. The van der Waals surface area contributed by atoms with Crippen molar-refractivity contribution in [1.82, 2.24) is 10.2 Å². The van der Waals surface area contributed by atoms with Crippen LogP contribution in [0, 0.1) is 0 Å². The zero-order chi connectivity index (χ0) is 22.9. The van der Waals surface area contributed by atoms with Crippen LogP contribution >= 0.6 is 0 Å². The minimum atomic E-state index is -0.925. The lowest BCUT2D eigenvalue weighted by Gasteiger charge is -2.28. The van der Waals surface area contributed by atoms with Gasteiger partial charge in [-0.15, -0.1) is 0 Å². The maximum Gasteiger partial charge on any atom is 0.254 e. The number of hydrogen-bond donors (Lipinski definition) is 2. The van der Waals surface area contributed by atoms with Gasteiger partial charge >= 0.3 is 0 Å². The van der Waals surface area contributed by atoms with Gasteiger partial charge in [0.1, 0.15) is 11.8 Å². The predicted molar refractivity (Wildman–Crippen MR) is 125 cm³/mol. The molecule has 1 saturated heterocycles. The van der Waals surface area contributed by atoms with E-state index in [2.05, 4.69) is 10.6 Å². The largest absolute Gasteiger partial charge is 0.496 e. The number of fused-ring (bicyclic) bond motifs is 2. The van der Waals surface area contributed by atoms with E-state index >= 15 is 0 Å². The highest BCUT2D eigenvalue weighted by molar-refractivity contribution is 6.10. The lowest BCUT2D eigenvalue weighted by atomic mass is 9.96. The number of rotatable bonds is 4. The molecule has 3 amide bonds. The lowest BCUT2D eigenvalue weighted by molar-refractivity contribution is -0.134. The van der Waals surface area contributed by atoms with Crippen molar-refractivity contribution in [1.29, 1.82) is 0 Å². The molecule has 33 heavy (non-hydrogen) atoms. The first-order chi connectivity index (χ1) is 16.1. The maximum absolute atomic E-state index is 13.4. The van der Waals surface area contributed by atoms with E-state index in [4.69, 9.17) is 4.74 Å². The zero-order valence-electron chi connectivity index (χ0n) is 18.3. The number of likely N-dealkylation sites (tertiary alicyclic amines) is 1. The molecule has 0 bridgehead atoms. The van der Waals surface area contributed by atoms with Crippen LogP contribution in [0.4, 0.5) is 5.69 Å². The molecule has 0 radical (unpaired) electrons. The first-order valence-corrected chi connectivity index (χ1v) is 11.1. The summed E-state index contributed by atoms with van der Waals surface area (Å²) in [6, 6.07) is 17.8. The van der Waals surface area contributed by atoms with Crippen LogP contribution in [0.25, 0.3) is 10.8 Å². The van der Waals surface area contributed by atoms with Crippen LogP contribution in [-0.2, 0) is 9.59 Å². The number of hydrogen-bond acceptors (Lipinski definition) is 4. The molecular formula is C26H25N3O4. The number of ether oxygens (including phenoxy) is 1. The molecule has 2 N–H and O–H groups in total. The van der Waals surface area contributed by atoms with E-state index in [1.54, 1.807) is 31.4 Å². The van der Waals surface area contributed by atoms with Crippen molar-refractivity contribution in [3.63, 3.8) is 0 Å². The molecule has 168 valence electrons. The standard InChI is InChI=1S/C26H25N3O4/c1-33-23-13-12-17(16-7-2-3-8-18(16)23)22-11-6-14-29(22)24(30)15-21-26(32)27-20-10-5-4-9-19(20)25(31)28-21/h2-5,7-10,12-13,21-22H,6,11,14-15H2,1H3,(H,27,32)(H,28,31)/t21-,22+/m1/s1. The summed E-state index contributed by atoms with van der Waals surface area (Å²) in [6.07, 6.45) is 1.64. The van der Waals surface area contributed by atoms with Crippen molar-refractivity contribution in [3.05, 3.63) is 71.8 Å². The lowest BCUT2D eigenvalue weighted by Crippen LogP contribution is -2.45. The van der Waals surface area contributed by atoms with E-state index in [1.165, 1.54) is 0 Å². The highest BCUT2D eigenvalue weighted by Gasteiger charge is 2.35. The molecule has 5 rings (SSSR count). The third-order valence-corrected chi connectivity index (χ3v) is 6.50. The Balaban J connectivity index is 1.39. The third-order valence-electron chi connectivity index (χ3n) is 6.50. The van der Waals surface area contributed by atoms with Crippen molar-refractivity contribution in [2.45, 2.75) is 31.3 Å². The molecule has 0 aromatic heterocycles. The molecule has 0 unspecified atom stereocenters. The summed E-state index contributed by atoms with van der Waals surface area (Å²) in [5.41, 5.74) is 1.92. The molecular weight excluding hydrogens is 418 g/mol. The summed E-state index contributed by atoms with van der Waals surface area (Å²) in [6.45, 7) is 0.617. The Labute approximate surface area is 191 Å². The Morgan fingerprint density at radius 2 is 1.79 bits per heavy atom. The summed E-state index contributed by atoms with van der Waals surface area (Å²) in [5, 5.41) is 7.55. The van der Waals surface area contributed by atoms with Crippen LogP contribution in [0.15, 0.2) is 60.7 Å². The predicted octanol–water partition coefficient (Wildman–Crippen LogP) is 3.65. The summed E-state index contributed by atoms with van der Waals surface area (Å²) in [5.74, 6) is -0.0976. The van der Waals surface area contributed by atoms with Crippen molar-refractivity contribution in [3.8, 4) is 5.75 Å². The number of nitrogens with zero attached hydrogens (tertiary/aromatic N) is 1. The topological polar surface area (TPSA) is 87.7 Å². The van der Waals surface area contributed by atoms with Crippen LogP contribution in [0.3, 0.4) is 0 Å². The van der Waals surface area contributed by atoms with Gasteiger partial charge in [0.15, 0.2) is 0 Å². The second kappa shape index (κ2) is 8.58. The quantitative estimate of drug-likeness (QED) is 0.644. The van der Waals surface area contributed by atoms with Gasteiger partial charge < -0.3 is 20.3 Å². The Kier molecular flexibility index (Phi) is 5.46. The van der Waals surface area contributed by atoms with Gasteiger partial charge in [-0.1, -0.05) is 42.5 Å². The fourth-order valence-electron chi connectivity index (χ4n) is 4.90. The third kappa shape index (κ3) is 3.80. The molecule has 7 heteroatoms. The second-order valence-electron chi connectivity index (χ2n) is 8.41. The average Bonchev–Trinajstić information content (AvgIpc) is 3.28. The average molecular weight is 444 g/mol. The number of benzene rings is 3.